The second-order valence-corrected chi connectivity index (χ2v) is 6.88. The molecule has 0 saturated carbocycles. The van der Waals surface area contributed by atoms with Crippen molar-refractivity contribution < 1.29 is 13.6 Å². The third-order valence-corrected chi connectivity index (χ3v) is 5.13. The lowest BCUT2D eigenvalue weighted by Gasteiger charge is -2.30. The molecule has 0 unspecified atom stereocenters. The molecule has 0 saturated heterocycles. The van der Waals surface area contributed by atoms with Crippen molar-refractivity contribution in [3.63, 3.8) is 0 Å². The van der Waals surface area contributed by atoms with Crippen LogP contribution in [0.15, 0.2) is 71.3 Å². The molecule has 2 aromatic carbocycles. The Kier molecular flexibility index (Phi) is 3.93. The molecule has 1 aliphatic rings. The number of furan rings is 1. The van der Waals surface area contributed by atoms with Crippen molar-refractivity contribution in [3.05, 3.63) is 83.9 Å². The average Bonchev–Trinajstić information content (AvgIpc) is 3.27. The Morgan fingerprint density at radius 2 is 1.96 bits per heavy atom. The summed E-state index contributed by atoms with van der Waals surface area (Å²) in [6.07, 6.45) is 3.16. The highest BCUT2D eigenvalue weighted by Gasteiger charge is 2.26. The molecule has 5 heteroatoms. The number of aromatic nitrogens is 1. The van der Waals surface area contributed by atoms with E-state index < -0.39 is 0 Å². The molecule has 0 spiro atoms. The molecular weight excluding hydrogens is 355 g/mol. The maximum Gasteiger partial charge on any atom is 0.259 e. The van der Waals surface area contributed by atoms with Crippen molar-refractivity contribution in [3.8, 4) is 11.5 Å². The second kappa shape index (κ2) is 6.60. The number of fused-ring (bicyclic) bond motifs is 2. The molecule has 4 aromatic rings. The highest BCUT2D eigenvalue weighted by Crippen LogP contribution is 2.32. The lowest BCUT2D eigenvalue weighted by Crippen LogP contribution is -2.35. The zero-order chi connectivity index (χ0) is 19.1. The summed E-state index contributed by atoms with van der Waals surface area (Å²) in [6.45, 7) is 0.601. The van der Waals surface area contributed by atoms with E-state index in [1.807, 2.05) is 30.3 Å². The number of pyridine rings is 1. The van der Waals surface area contributed by atoms with Crippen molar-refractivity contribution >= 4 is 22.5 Å². The maximum atomic E-state index is 13.6. The minimum absolute atomic E-state index is 0.112. The molecule has 4 nitrogen and oxygen atoms in total. The van der Waals surface area contributed by atoms with Gasteiger partial charge in [0.15, 0.2) is 5.76 Å². The Morgan fingerprint density at radius 3 is 2.82 bits per heavy atom. The molecular formula is C23H17FN2O2. The van der Waals surface area contributed by atoms with E-state index in [0.717, 1.165) is 35.0 Å². The van der Waals surface area contributed by atoms with Crippen LogP contribution in [-0.2, 0) is 6.42 Å². The minimum atomic E-state index is -0.275. The van der Waals surface area contributed by atoms with Gasteiger partial charge in [0.1, 0.15) is 11.5 Å². The van der Waals surface area contributed by atoms with Crippen LogP contribution in [0.4, 0.5) is 10.1 Å². The van der Waals surface area contributed by atoms with Gasteiger partial charge in [0, 0.05) is 17.6 Å². The van der Waals surface area contributed by atoms with Gasteiger partial charge in [-0.05, 0) is 60.9 Å². The van der Waals surface area contributed by atoms with Gasteiger partial charge in [-0.2, -0.15) is 0 Å². The number of nitrogens with zero attached hydrogens (tertiary/aromatic N) is 2. The van der Waals surface area contributed by atoms with Crippen LogP contribution in [0, 0.1) is 5.82 Å². The number of benzene rings is 2. The van der Waals surface area contributed by atoms with E-state index in [0.29, 0.717) is 23.6 Å². The number of anilines is 1. The van der Waals surface area contributed by atoms with Crippen LogP contribution in [0.2, 0.25) is 0 Å². The monoisotopic (exact) mass is 372 g/mol. The Morgan fingerprint density at radius 1 is 1.07 bits per heavy atom. The number of hydrogen-bond acceptors (Lipinski definition) is 3. The average molecular weight is 372 g/mol. The van der Waals surface area contributed by atoms with Gasteiger partial charge >= 0.3 is 0 Å². The van der Waals surface area contributed by atoms with E-state index in [2.05, 4.69) is 4.98 Å². The van der Waals surface area contributed by atoms with E-state index in [9.17, 15) is 9.18 Å². The second-order valence-electron chi connectivity index (χ2n) is 6.88. The maximum absolute atomic E-state index is 13.6. The Labute approximate surface area is 161 Å². The summed E-state index contributed by atoms with van der Waals surface area (Å²) in [6, 6.07) is 17.6. The molecule has 2 aromatic heterocycles. The SMILES string of the molecule is O=C(c1cc(-c2ccco2)nc2ccccc12)N1CCCc2cc(F)ccc21. The number of para-hydroxylation sites is 1. The molecule has 3 heterocycles. The number of halogens is 1. The van der Waals surface area contributed by atoms with E-state index in [1.165, 1.54) is 12.1 Å². The largest absolute Gasteiger partial charge is 0.463 e. The molecule has 0 atom stereocenters. The van der Waals surface area contributed by atoms with Crippen LogP contribution in [0.1, 0.15) is 22.3 Å². The standard InChI is InChI=1S/C23H17FN2O2/c24-16-9-10-21-15(13-16)5-3-11-26(21)23(27)18-14-20(22-8-4-12-28-22)25-19-7-2-1-6-17(18)19/h1-2,4,6-10,12-14H,3,5,11H2. The van der Waals surface area contributed by atoms with Crippen LogP contribution in [-0.4, -0.2) is 17.4 Å². The minimum Gasteiger partial charge on any atom is -0.463 e. The summed E-state index contributed by atoms with van der Waals surface area (Å²) in [4.78, 5) is 19.9. The quantitative estimate of drug-likeness (QED) is 0.484. The van der Waals surface area contributed by atoms with Crippen LogP contribution < -0.4 is 4.90 Å². The van der Waals surface area contributed by atoms with Gasteiger partial charge < -0.3 is 9.32 Å². The van der Waals surface area contributed by atoms with Crippen molar-refractivity contribution in [2.45, 2.75) is 12.8 Å². The van der Waals surface area contributed by atoms with Crippen molar-refractivity contribution in [2.75, 3.05) is 11.4 Å². The summed E-state index contributed by atoms with van der Waals surface area (Å²) in [7, 11) is 0. The number of hydrogen-bond donors (Lipinski definition) is 0. The number of aryl methyl sites for hydroxylation is 1. The van der Waals surface area contributed by atoms with Crippen LogP contribution in [0.3, 0.4) is 0 Å². The summed E-state index contributed by atoms with van der Waals surface area (Å²) >= 11 is 0. The summed E-state index contributed by atoms with van der Waals surface area (Å²) < 4.78 is 19.1. The molecule has 0 bridgehead atoms. The molecule has 1 aliphatic heterocycles. The van der Waals surface area contributed by atoms with Crippen LogP contribution >= 0.6 is 0 Å². The van der Waals surface area contributed by atoms with Gasteiger partial charge in [-0.15, -0.1) is 0 Å². The normalized spacial score (nSPS) is 13.5. The highest BCUT2D eigenvalue weighted by molar-refractivity contribution is 6.14. The van der Waals surface area contributed by atoms with Gasteiger partial charge in [-0.1, -0.05) is 18.2 Å². The number of carbonyl (C=O) groups is 1. The van der Waals surface area contributed by atoms with Crippen LogP contribution in [0.5, 0.6) is 0 Å². The van der Waals surface area contributed by atoms with E-state index in [4.69, 9.17) is 4.42 Å². The molecule has 0 N–H and O–H groups in total. The predicted octanol–water partition coefficient (Wildman–Crippen LogP) is 5.23. The summed E-state index contributed by atoms with van der Waals surface area (Å²) in [5, 5.41) is 0.789. The molecule has 5 rings (SSSR count). The zero-order valence-corrected chi connectivity index (χ0v) is 15.1. The fourth-order valence-electron chi connectivity index (χ4n) is 3.82. The summed E-state index contributed by atoms with van der Waals surface area (Å²) in [5.41, 5.74) is 3.55. The van der Waals surface area contributed by atoms with Crippen molar-refractivity contribution in [2.24, 2.45) is 0 Å². The third-order valence-electron chi connectivity index (χ3n) is 5.13. The lowest BCUT2D eigenvalue weighted by atomic mass is 9.99. The first kappa shape index (κ1) is 16.7. The molecule has 138 valence electrons. The van der Waals surface area contributed by atoms with Gasteiger partial charge in [-0.25, -0.2) is 9.37 Å². The third kappa shape index (κ3) is 2.76. The van der Waals surface area contributed by atoms with Crippen LogP contribution in [0.25, 0.3) is 22.4 Å². The highest BCUT2D eigenvalue weighted by atomic mass is 19.1. The molecule has 0 radical (unpaired) electrons. The van der Waals surface area contributed by atoms with E-state index in [-0.39, 0.29) is 11.7 Å². The van der Waals surface area contributed by atoms with Gasteiger partial charge in [-0.3, -0.25) is 4.79 Å². The van der Waals surface area contributed by atoms with Gasteiger partial charge in [0.2, 0.25) is 0 Å². The van der Waals surface area contributed by atoms with Gasteiger partial charge in [0.05, 0.1) is 17.3 Å². The number of amides is 1. The molecule has 28 heavy (non-hydrogen) atoms. The smallest absolute Gasteiger partial charge is 0.259 e. The van der Waals surface area contributed by atoms with Crippen molar-refractivity contribution in [1.82, 2.24) is 4.98 Å². The van der Waals surface area contributed by atoms with Crippen molar-refractivity contribution in [1.29, 1.82) is 0 Å². The molecule has 0 aliphatic carbocycles. The lowest BCUT2D eigenvalue weighted by molar-refractivity contribution is 0.0986. The predicted molar refractivity (Wildman–Crippen MR) is 106 cm³/mol. The number of carbonyl (C=O) groups excluding carboxylic acids is 1. The first-order valence-corrected chi connectivity index (χ1v) is 9.25. The number of rotatable bonds is 2. The first-order valence-electron chi connectivity index (χ1n) is 9.25. The van der Waals surface area contributed by atoms with Gasteiger partial charge in [0.25, 0.3) is 5.91 Å². The zero-order valence-electron chi connectivity index (χ0n) is 15.1. The summed E-state index contributed by atoms with van der Waals surface area (Å²) in [5.74, 6) is 0.224. The Bertz CT molecular complexity index is 1180. The molecule has 1 amide bonds. The van der Waals surface area contributed by atoms with E-state index in [1.54, 1.807) is 29.4 Å². The fraction of sp³-hybridized carbons (Fsp3) is 0.130. The molecule has 0 fully saturated rings. The Balaban J connectivity index is 1.66. The first-order chi connectivity index (χ1) is 13.7. The fourth-order valence-corrected chi connectivity index (χ4v) is 3.82. The Hall–Kier alpha value is -3.47. The van der Waals surface area contributed by atoms with E-state index >= 15 is 0 Å². The topological polar surface area (TPSA) is 46.3 Å².